The van der Waals surface area contributed by atoms with Gasteiger partial charge in [-0.15, -0.1) is 11.3 Å². The van der Waals surface area contributed by atoms with Crippen LogP contribution in [0.4, 0.5) is 0 Å². The summed E-state index contributed by atoms with van der Waals surface area (Å²) in [4.78, 5) is 10.4. The Balaban J connectivity index is 2.16. The highest BCUT2D eigenvalue weighted by molar-refractivity contribution is 7.15. The molecule has 2 N–H and O–H groups in total. The van der Waals surface area contributed by atoms with E-state index in [0.29, 0.717) is 6.54 Å². The Hall–Kier alpha value is -1.78. The van der Waals surface area contributed by atoms with Crippen molar-refractivity contribution in [3.8, 4) is 10.7 Å². The van der Waals surface area contributed by atoms with E-state index < -0.39 is 0 Å². The van der Waals surface area contributed by atoms with Crippen molar-refractivity contribution in [2.75, 3.05) is 6.54 Å². The zero-order valence-electron chi connectivity index (χ0n) is 10.8. The lowest BCUT2D eigenvalue weighted by molar-refractivity contribution is 0.970. The number of fused-ring (bicyclic) bond motifs is 1. The quantitative estimate of drug-likeness (QED) is 0.794. The zero-order valence-corrected chi connectivity index (χ0v) is 11.6. The SMILES string of the molecule is Cc1nc(-c2nccc3ccccc23)sc1CCN. The van der Waals surface area contributed by atoms with Gasteiger partial charge in [-0.05, 0) is 31.3 Å². The second kappa shape index (κ2) is 5.07. The van der Waals surface area contributed by atoms with E-state index in [0.717, 1.165) is 28.2 Å². The first kappa shape index (κ1) is 12.3. The number of benzene rings is 1. The minimum absolute atomic E-state index is 0.658. The molecule has 0 aliphatic carbocycles. The predicted octanol–water partition coefficient (Wildman–Crippen LogP) is 3.17. The highest BCUT2D eigenvalue weighted by Crippen LogP contribution is 2.31. The Morgan fingerprint density at radius 3 is 2.89 bits per heavy atom. The van der Waals surface area contributed by atoms with Gasteiger partial charge in [-0.2, -0.15) is 0 Å². The van der Waals surface area contributed by atoms with E-state index in [1.165, 1.54) is 10.3 Å². The number of nitrogens with zero attached hydrogens (tertiary/aromatic N) is 2. The van der Waals surface area contributed by atoms with Crippen LogP contribution in [0.15, 0.2) is 36.5 Å². The van der Waals surface area contributed by atoms with Crippen molar-refractivity contribution in [3.63, 3.8) is 0 Å². The average molecular weight is 269 g/mol. The van der Waals surface area contributed by atoms with Gasteiger partial charge in [-0.3, -0.25) is 4.98 Å². The van der Waals surface area contributed by atoms with Crippen LogP contribution in [-0.4, -0.2) is 16.5 Å². The minimum atomic E-state index is 0.658. The van der Waals surface area contributed by atoms with Gasteiger partial charge in [0, 0.05) is 16.5 Å². The molecule has 0 unspecified atom stereocenters. The van der Waals surface area contributed by atoms with Gasteiger partial charge in [-0.1, -0.05) is 24.3 Å². The molecule has 0 fully saturated rings. The van der Waals surface area contributed by atoms with Crippen molar-refractivity contribution in [1.29, 1.82) is 0 Å². The van der Waals surface area contributed by atoms with Gasteiger partial charge in [0.05, 0.1) is 5.69 Å². The first-order valence-corrected chi connectivity index (χ1v) is 7.11. The molecule has 0 saturated heterocycles. The molecule has 0 saturated carbocycles. The largest absolute Gasteiger partial charge is 0.330 e. The van der Waals surface area contributed by atoms with E-state index in [-0.39, 0.29) is 0 Å². The fourth-order valence-corrected chi connectivity index (χ4v) is 3.27. The van der Waals surface area contributed by atoms with Gasteiger partial charge in [-0.25, -0.2) is 4.98 Å². The number of nitrogens with two attached hydrogens (primary N) is 1. The van der Waals surface area contributed by atoms with Crippen LogP contribution in [0.1, 0.15) is 10.6 Å². The monoisotopic (exact) mass is 269 g/mol. The van der Waals surface area contributed by atoms with Crippen LogP contribution in [0.5, 0.6) is 0 Å². The summed E-state index contributed by atoms with van der Waals surface area (Å²) in [6.07, 6.45) is 2.73. The van der Waals surface area contributed by atoms with Crippen molar-refractivity contribution in [2.45, 2.75) is 13.3 Å². The lowest BCUT2D eigenvalue weighted by atomic mass is 10.1. The molecule has 0 spiro atoms. The topological polar surface area (TPSA) is 51.8 Å². The summed E-state index contributed by atoms with van der Waals surface area (Å²) in [7, 11) is 0. The Bertz CT molecular complexity index is 713. The second-order valence-corrected chi connectivity index (χ2v) is 5.53. The van der Waals surface area contributed by atoms with Crippen LogP contribution in [-0.2, 0) is 6.42 Å². The zero-order chi connectivity index (χ0) is 13.2. The molecule has 1 aromatic carbocycles. The van der Waals surface area contributed by atoms with Crippen molar-refractivity contribution >= 4 is 22.1 Å². The summed E-state index contributed by atoms with van der Waals surface area (Å²) in [5.74, 6) is 0. The molecular weight excluding hydrogens is 254 g/mol. The number of pyridine rings is 1. The van der Waals surface area contributed by atoms with E-state index >= 15 is 0 Å². The molecule has 4 heteroatoms. The van der Waals surface area contributed by atoms with Crippen LogP contribution in [0.2, 0.25) is 0 Å². The van der Waals surface area contributed by atoms with Crippen LogP contribution >= 0.6 is 11.3 Å². The van der Waals surface area contributed by atoms with Crippen LogP contribution in [0.3, 0.4) is 0 Å². The molecule has 0 bridgehead atoms. The summed E-state index contributed by atoms with van der Waals surface area (Å²) in [6, 6.07) is 10.3. The van der Waals surface area contributed by atoms with Crippen LogP contribution in [0.25, 0.3) is 21.5 Å². The normalized spacial score (nSPS) is 11.1. The molecule has 0 radical (unpaired) electrons. The third kappa shape index (κ3) is 2.25. The standard InChI is InChI=1S/C15H15N3S/c1-10-13(6-8-16)19-15(18-10)14-12-5-3-2-4-11(12)7-9-17-14/h2-5,7,9H,6,8,16H2,1H3. The third-order valence-electron chi connectivity index (χ3n) is 3.14. The van der Waals surface area contributed by atoms with Crippen LogP contribution in [0, 0.1) is 6.92 Å². The lowest BCUT2D eigenvalue weighted by Gasteiger charge is -2.01. The molecule has 0 amide bonds. The third-order valence-corrected chi connectivity index (χ3v) is 4.36. The Kier molecular flexibility index (Phi) is 3.27. The summed E-state index contributed by atoms with van der Waals surface area (Å²) >= 11 is 1.70. The molecule has 0 atom stereocenters. The highest BCUT2D eigenvalue weighted by Gasteiger charge is 2.12. The van der Waals surface area contributed by atoms with Crippen LogP contribution < -0.4 is 5.73 Å². The molecule has 3 rings (SSSR count). The molecular formula is C15H15N3S. The summed E-state index contributed by atoms with van der Waals surface area (Å²) < 4.78 is 0. The molecule has 19 heavy (non-hydrogen) atoms. The van der Waals surface area contributed by atoms with Gasteiger partial charge in [0.25, 0.3) is 0 Å². The van der Waals surface area contributed by atoms with Gasteiger partial charge >= 0.3 is 0 Å². The maximum Gasteiger partial charge on any atom is 0.143 e. The highest BCUT2D eigenvalue weighted by atomic mass is 32.1. The van der Waals surface area contributed by atoms with Gasteiger partial charge in [0.15, 0.2) is 0 Å². The Labute approximate surface area is 116 Å². The van der Waals surface area contributed by atoms with Crippen molar-refractivity contribution in [3.05, 3.63) is 47.1 Å². The van der Waals surface area contributed by atoms with E-state index in [1.807, 2.05) is 31.3 Å². The Morgan fingerprint density at radius 1 is 1.21 bits per heavy atom. The Morgan fingerprint density at radius 2 is 2.05 bits per heavy atom. The van der Waals surface area contributed by atoms with Crippen molar-refractivity contribution < 1.29 is 0 Å². The summed E-state index contributed by atoms with van der Waals surface area (Å²) in [5, 5.41) is 3.33. The first-order chi connectivity index (χ1) is 9.29. The summed E-state index contributed by atoms with van der Waals surface area (Å²) in [6.45, 7) is 2.70. The first-order valence-electron chi connectivity index (χ1n) is 6.30. The lowest BCUT2D eigenvalue weighted by Crippen LogP contribution is -2.01. The van der Waals surface area contributed by atoms with E-state index in [9.17, 15) is 0 Å². The second-order valence-electron chi connectivity index (χ2n) is 4.45. The number of aromatic nitrogens is 2. The fraction of sp³-hybridized carbons (Fsp3) is 0.200. The van der Waals surface area contributed by atoms with Crippen molar-refractivity contribution in [2.24, 2.45) is 5.73 Å². The van der Waals surface area contributed by atoms with Crippen molar-refractivity contribution in [1.82, 2.24) is 9.97 Å². The number of hydrogen-bond donors (Lipinski definition) is 1. The van der Waals surface area contributed by atoms with Gasteiger partial charge in [0.2, 0.25) is 0 Å². The molecule has 0 aliphatic heterocycles. The van der Waals surface area contributed by atoms with E-state index in [4.69, 9.17) is 5.73 Å². The fourth-order valence-electron chi connectivity index (χ4n) is 2.18. The average Bonchev–Trinajstić information content (AvgIpc) is 2.80. The van der Waals surface area contributed by atoms with E-state index in [1.54, 1.807) is 11.3 Å². The minimum Gasteiger partial charge on any atom is -0.330 e. The molecule has 3 aromatic rings. The maximum absolute atomic E-state index is 5.63. The molecule has 2 aromatic heterocycles. The molecule has 3 nitrogen and oxygen atoms in total. The number of thiazole rings is 1. The number of aryl methyl sites for hydroxylation is 1. The van der Waals surface area contributed by atoms with Gasteiger partial charge < -0.3 is 5.73 Å². The molecule has 96 valence electrons. The van der Waals surface area contributed by atoms with Gasteiger partial charge in [0.1, 0.15) is 10.7 Å². The smallest absolute Gasteiger partial charge is 0.143 e. The predicted molar refractivity (Wildman–Crippen MR) is 80.3 cm³/mol. The molecule has 0 aliphatic rings. The summed E-state index contributed by atoms with van der Waals surface area (Å²) in [5.41, 5.74) is 7.67. The maximum atomic E-state index is 5.63. The number of rotatable bonds is 3. The van der Waals surface area contributed by atoms with E-state index in [2.05, 4.69) is 22.1 Å². The molecule has 2 heterocycles. The number of hydrogen-bond acceptors (Lipinski definition) is 4.